The summed E-state index contributed by atoms with van der Waals surface area (Å²) in [4.78, 5) is 49.2. The highest BCUT2D eigenvalue weighted by Gasteiger charge is 2.74. The number of azide groups is 1. The standard InChI is InChI=1S/C100H145N3O21/c1-22-71-58(5)57(4)60(7)89(114-71)121-85-81(118-87-59(6)56(3)55(2)48-111-87)62(9)79(64(11)105)117-91(85)116-76-41-42-96(17)74(97(76,18)54-104)40-43-98(19)75(96)39-38-69-70-46-94(13,14)44-45-100(70,77(107-21)47-99(69,98)20)93(106)122-90-82(61(8)78(102-103-101)72(115-90)52-108-49-66-32-26-23-27-33-66)119-92-86-84(123-95(15,16)124-86)83(65(12)113-92)120-88-63(10)80(110-51-68-36-30-25-31-37-68)73(53-112-88)109-50-67-34-28-24-29-35-67/h23-38,54-63,65,70-92H,22,39-53H2,1-21H3/t55-,56+,57+,58-,59?,60?,61?,62-,63?,65?,70?,71?,72?,73-,74-,75?,76+,77?,78-,79?,80?,81+,82?,83+,84?,85?,86?,87+,88+,89+,90+,91-,92+,96?,97-,98+,99-,100-/m1/s1. The summed E-state index contributed by atoms with van der Waals surface area (Å²) in [6, 6.07) is 29.1. The van der Waals surface area contributed by atoms with Gasteiger partial charge in [0.1, 0.15) is 54.4 Å². The molecule has 0 amide bonds. The molecule has 4 saturated carbocycles. The van der Waals surface area contributed by atoms with Crippen LogP contribution in [0.1, 0.15) is 219 Å². The SMILES string of the molecule is CCC1O[C@@H](OC2[C@H](O[C@H]3CCC4(C)C5CC=C6C7CC(C)(C)CC[C@]7(C(=O)O[C@@H]7OC(COCc8ccccc8)[C@H](N=[N+]=[N-])C(C)C7O[C@@H]7OC(C)[C@H](O[C@@H]8OC[C@@H](OCc9ccccc9)C(OCc9ccccc9)C8C)C8OC(C)(C)OC87)C(OC)C[C@@]6(C)[C@@]5(C)CC[C@H]4[C@@]3(C)C=O)OC(C(C)=O)[C@@H](C)[C@@H]2O[C@@H]2OC[C@@H](C)[C@H](C)C2C)C(C)[C@@H](C)[C@H]1C. The molecule has 7 heterocycles. The minimum atomic E-state index is -1.40. The van der Waals surface area contributed by atoms with E-state index in [0.29, 0.717) is 69.7 Å². The van der Waals surface area contributed by atoms with E-state index < -0.39 is 163 Å². The van der Waals surface area contributed by atoms with E-state index in [1.54, 1.807) is 14.0 Å². The van der Waals surface area contributed by atoms with Crippen molar-refractivity contribution in [3.05, 3.63) is 130 Å². The molecule has 12 aliphatic rings. The third kappa shape index (κ3) is 17.7. The van der Waals surface area contributed by atoms with Crippen LogP contribution in [0.25, 0.3) is 10.4 Å². The third-order valence-electron chi connectivity index (χ3n) is 33.7. The van der Waals surface area contributed by atoms with Gasteiger partial charge in [0.05, 0.1) is 93.8 Å². The molecule has 7 aliphatic heterocycles. The third-order valence-corrected chi connectivity index (χ3v) is 33.7. The van der Waals surface area contributed by atoms with Gasteiger partial charge in [0.25, 0.3) is 0 Å². The van der Waals surface area contributed by atoms with Crippen LogP contribution in [-0.4, -0.2) is 180 Å². The molecule has 0 aromatic heterocycles. The van der Waals surface area contributed by atoms with E-state index in [9.17, 15) is 15.1 Å². The maximum atomic E-state index is 17.0. The van der Waals surface area contributed by atoms with Crippen molar-refractivity contribution < 1.29 is 99.6 Å². The van der Waals surface area contributed by atoms with Crippen LogP contribution in [0.5, 0.6) is 0 Å². The fraction of sp³-hybridized carbons (Fsp3) is 0.770. The molecule has 0 radical (unpaired) electrons. The van der Waals surface area contributed by atoms with Gasteiger partial charge in [0, 0.05) is 35.7 Å². The Kier molecular flexibility index (Phi) is 28.4. The molecule has 24 nitrogen and oxygen atoms in total. The van der Waals surface area contributed by atoms with Gasteiger partial charge < -0.3 is 90.1 Å². The molecule has 24 heteroatoms. The number of hydrogen-bond donors (Lipinski definition) is 0. The van der Waals surface area contributed by atoms with E-state index in [-0.39, 0.29) is 89.4 Å². The number of methoxy groups -OCH3 is 1. The highest BCUT2D eigenvalue weighted by molar-refractivity contribution is 5.81. The highest BCUT2D eigenvalue weighted by Crippen LogP contribution is 2.76. The van der Waals surface area contributed by atoms with Crippen molar-refractivity contribution in [3.8, 4) is 0 Å². The Bertz CT molecular complexity index is 4190. The average molecular weight is 1730 g/mol. The molecule has 5 aliphatic carbocycles. The van der Waals surface area contributed by atoms with Crippen LogP contribution in [0.2, 0.25) is 0 Å². The molecule has 686 valence electrons. The van der Waals surface area contributed by atoms with Gasteiger partial charge in [-0.3, -0.25) is 9.59 Å². The van der Waals surface area contributed by atoms with E-state index in [4.69, 9.17) is 85.3 Å². The Hall–Kier alpha value is -5.16. The summed E-state index contributed by atoms with van der Waals surface area (Å²) < 4.78 is 126. The first-order valence-electron chi connectivity index (χ1n) is 46.9. The van der Waals surface area contributed by atoms with E-state index in [1.807, 2.05) is 126 Å². The Morgan fingerprint density at radius 2 is 1.17 bits per heavy atom. The fourth-order valence-corrected chi connectivity index (χ4v) is 25.4. The zero-order valence-electron chi connectivity index (χ0n) is 77.6. The first-order valence-corrected chi connectivity index (χ1v) is 46.9. The highest BCUT2D eigenvalue weighted by atomic mass is 16.8. The number of ketones is 1. The number of carbonyl (C=O) groups excluding carboxylic acids is 3. The number of allylic oxidation sites excluding steroid dienone is 2. The fourth-order valence-electron chi connectivity index (χ4n) is 25.4. The van der Waals surface area contributed by atoms with Gasteiger partial charge in [-0.05, 0) is 183 Å². The number of nitrogens with zero attached hydrogens (tertiary/aromatic N) is 3. The summed E-state index contributed by atoms with van der Waals surface area (Å²) in [6.07, 6.45) is -4.93. The van der Waals surface area contributed by atoms with Crippen molar-refractivity contribution >= 4 is 18.0 Å². The molecular formula is C100H145N3O21. The molecule has 3 aromatic rings. The zero-order chi connectivity index (χ0) is 88.5. The number of hydrogen-bond acceptors (Lipinski definition) is 22. The summed E-state index contributed by atoms with van der Waals surface area (Å²) >= 11 is 0. The number of aldehydes is 1. The van der Waals surface area contributed by atoms with E-state index in [0.717, 1.165) is 55.1 Å². The number of benzene rings is 3. The van der Waals surface area contributed by atoms with Crippen LogP contribution >= 0.6 is 0 Å². The number of fused-ring (bicyclic) bond motifs is 8. The molecule has 0 N–H and O–H groups in total. The Morgan fingerprint density at radius 1 is 0.556 bits per heavy atom. The van der Waals surface area contributed by atoms with E-state index in [1.165, 1.54) is 5.57 Å². The van der Waals surface area contributed by atoms with Crippen LogP contribution in [0.15, 0.2) is 108 Å². The maximum Gasteiger partial charge on any atom is 0.317 e. The van der Waals surface area contributed by atoms with Gasteiger partial charge in [-0.2, -0.15) is 0 Å². The lowest BCUT2D eigenvalue weighted by Gasteiger charge is -2.71. The molecule has 0 spiro atoms. The van der Waals surface area contributed by atoms with Crippen molar-refractivity contribution in [1.29, 1.82) is 0 Å². The number of rotatable bonds is 27. The second-order valence-electron chi connectivity index (χ2n) is 42.0. The number of esters is 1. The predicted molar refractivity (Wildman–Crippen MR) is 462 cm³/mol. The van der Waals surface area contributed by atoms with Gasteiger partial charge in [-0.25, -0.2) is 0 Å². The largest absolute Gasteiger partial charge is 0.432 e. The summed E-state index contributed by atoms with van der Waals surface area (Å²) in [6.45, 7) is 44.5. The lowest BCUT2D eigenvalue weighted by Crippen LogP contribution is -2.69. The van der Waals surface area contributed by atoms with E-state index >= 15 is 4.79 Å². The first kappa shape index (κ1) is 93.5. The van der Waals surface area contributed by atoms with Crippen molar-refractivity contribution in [3.63, 3.8) is 0 Å². The summed E-state index contributed by atoms with van der Waals surface area (Å²) in [5, 5.41) is 4.43. The van der Waals surface area contributed by atoms with Gasteiger partial charge in [0.2, 0.25) is 6.29 Å². The lowest BCUT2D eigenvalue weighted by atomic mass is 9.33. The molecule has 15 rings (SSSR count). The molecule has 17 unspecified atom stereocenters. The maximum absolute atomic E-state index is 17.0. The van der Waals surface area contributed by atoms with Crippen LogP contribution in [0.3, 0.4) is 0 Å². The molecular weight excluding hydrogens is 1580 g/mol. The van der Waals surface area contributed by atoms with Crippen molar-refractivity contribution in [2.75, 3.05) is 26.9 Å². The van der Waals surface area contributed by atoms with Crippen LogP contribution < -0.4 is 0 Å². The van der Waals surface area contributed by atoms with E-state index in [2.05, 4.69) is 113 Å². The van der Waals surface area contributed by atoms with Gasteiger partial charge >= 0.3 is 5.97 Å². The second-order valence-corrected chi connectivity index (χ2v) is 42.0. The van der Waals surface area contributed by atoms with Crippen LogP contribution in [0, 0.1) is 104 Å². The Balaban J connectivity index is 0.710. The monoisotopic (exact) mass is 1720 g/mol. The quantitative estimate of drug-likeness (QED) is 0.0130. The Morgan fingerprint density at radius 3 is 1.82 bits per heavy atom. The topological polar surface area (TPSA) is 266 Å². The van der Waals surface area contributed by atoms with Crippen LogP contribution in [-0.2, 0) is 119 Å². The van der Waals surface area contributed by atoms with Gasteiger partial charge in [-0.15, -0.1) is 0 Å². The van der Waals surface area contributed by atoms with Crippen molar-refractivity contribution in [1.82, 2.24) is 0 Å². The summed E-state index contributed by atoms with van der Waals surface area (Å²) in [7, 11) is 1.75. The number of ether oxygens (including phenoxy) is 18. The predicted octanol–water partition coefficient (Wildman–Crippen LogP) is 18.0. The van der Waals surface area contributed by atoms with Gasteiger partial charge in [-0.1, -0.05) is 219 Å². The normalized spacial score (nSPS) is 46.0. The lowest BCUT2D eigenvalue weighted by molar-refractivity contribution is -0.374. The van der Waals surface area contributed by atoms with Crippen molar-refractivity contribution in [2.45, 2.75) is 358 Å². The number of carbonyl (C=O) groups is 3. The molecule has 11 fully saturated rings. The van der Waals surface area contributed by atoms with Crippen LogP contribution in [0.4, 0.5) is 0 Å². The zero-order valence-corrected chi connectivity index (χ0v) is 77.6. The van der Waals surface area contributed by atoms with Gasteiger partial charge in [0.15, 0.2) is 43.0 Å². The smallest absolute Gasteiger partial charge is 0.317 e. The summed E-state index contributed by atoms with van der Waals surface area (Å²) in [5.74, 6) is -2.29. The van der Waals surface area contributed by atoms with Crippen molar-refractivity contribution in [2.24, 2.45) is 109 Å². The number of Topliss-reactive ketones (excluding diaryl/α,β-unsaturated/α-hetero) is 1. The Labute approximate surface area is 736 Å². The molecule has 0 bridgehead atoms. The first-order chi connectivity index (χ1) is 59.1. The minimum Gasteiger partial charge on any atom is -0.432 e. The molecule has 3 aromatic carbocycles. The average Bonchev–Trinajstić information content (AvgIpc) is 0.753. The minimum absolute atomic E-state index is 0.00327. The summed E-state index contributed by atoms with van der Waals surface area (Å²) in [5.41, 5.74) is 11.1. The molecule has 38 atom stereocenters. The second kappa shape index (κ2) is 37.6. The molecule has 124 heavy (non-hydrogen) atoms. The molecule has 7 saturated heterocycles.